The Labute approximate surface area is 195 Å². The highest BCUT2D eigenvalue weighted by Crippen LogP contribution is 2.53. The molecule has 2 aliphatic rings. The zero-order chi connectivity index (χ0) is 24.0. The van der Waals surface area contributed by atoms with Crippen LogP contribution in [-0.4, -0.2) is 13.4 Å². The maximum Gasteiger partial charge on any atom is 0.150 e. The van der Waals surface area contributed by atoms with Crippen LogP contribution >= 0.6 is 0 Å². The molecule has 3 aromatic carbocycles. The molecule has 34 heavy (non-hydrogen) atoms. The number of methoxy groups -OCH3 is 1. The van der Waals surface area contributed by atoms with E-state index in [9.17, 15) is 25.8 Å². The molecule has 0 amide bonds. The van der Waals surface area contributed by atoms with E-state index in [4.69, 9.17) is 4.74 Å². The third-order valence-electron chi connectivity index (χ3n) is 6.17. The zero-order valence-corrected chi connectivity index (χ0v) is 17.8. The SMILES string of the molecule is COc1ccc2c(c1)-c1cc3c(cc1C2=C(C#N)C#N)-c1cc(C=O)ccc1C3=C(C#N)C#N. The van der Waals surface area contributed by atoms with Crippen LogP contribution in [0.1, 0.15) is 32.6 Å². The van der Waals surface area contributed by atoms with Crippen LogP contribution in [0.3, 0.4) is 0 Å². The molecular weight excluding hydrogens is 424 g/mol. The van der Waals surface area contributed by atoms with E-state index in [0.717, 1.165) is 28.5 Å². The number of allylic oxidation sites excluding steroid dienone is 2. The van der Waals surface area contributed by atoms with Crippen molar-refractivity contribution in [2.75, 3.05) is 7.11 Å². The van der Waals surface area contributed by atoms with Crippen LogP contribution in [0.25, 0.3) is 33.4 Å². The van der Waals surface area contributed by atoms with Gasteiger partial charge in [0.25, 0.3) is 0 Å². The summed E-state index contributed by atoms with van der Waals surface area (Å²) in [5.74, 6) is 0.617. The van der Waals surface area contributed by atoms with Crippen molar-refractivity contribution in [3.63, 3.8) is 0 Å². The maximum absolute atomic E-state index is 11.5. The number of carbonyl (C=O) groups excluding carboxylic acids is 1. The molecule has 0 heterocycles. The van der Waals surface area contributed by atoms with Gasteiger partial charge in [-0.2, -0.15) is 21.0 Å². The molecule has 0 fully saturated rings. The number of nitriles is 4. The first-order valence-corrected chi connectivity index (χ1v) is 10.2. The second-order valence-electron chi connectivity index (χ2n) is 7.72. The van der Waals surface area contributed by atoms with E-state index >= 15 is 0 Å². The van der Waals surface area contributed by atoms with Crippen LogP contribution in [-0.2, 0) is 0 Å². The monoisotopic (exact) mass is 436 g/mol. The molecule has 156 valence electrons. The number of hydrogen-bond donors (Lipinski definition) is 0. The molecule has 6 nitrogen and oxygen atoms in total. The summed E-state index contributed by atoms with van der Waals surface area (Å²) >= 11 is 0. The smallest absolute Gasteiger partial charge is 0.150 e. The molecule has 0 aromatic heterocycles. The van der Waals surface area contributed by atoms with E-state index in [0.29, 0.717) is 44.7 Å². The Morgan fingerprint density at radius 1 is 0.647 bits per heavy atom. The van der Waals surface area contributed by atoms with Gasteiger partial charge >= 0.3 is 0 Å². The van der Waals surface area contributed by atoms with Gasteiger partial charge in [0.05, 0.1) is 7.11 Å². The molecule has 0 saturated carbocycles. The molecule has 0 unspecified atom stereocenters. The third-order valence-corrected chi connectivity index (χ3v) is 6.17. The van der Waals surface area contributed by atoms with Crippen molar-refractivity contribution in [3.05, 3.63) is 87.5 Å². The first kappa shape index (κ1) is 20.5. The molecule has 0 bridgehead atoms. The number of fused-ring (bicyclic) bond motifs is 6. The van der Waals surface area contributed by atoms with Crippen LogP contribution < -0.4 is 4.74 Å². The molecule has 6 heteroatoms. The molecule has 0 aliphatic heterocycles. The summed E-state index contributed by atoms with van der Waals surface area (Å²) in [5, 5.41) is 38.6. The fourth-order valence-corrected chi connectivity index (χ4v) is 4.73. The summed E-state index contributed by atoms with van der Waals surface area (Å²) in [5.41, 5.74) is 7.20. The van der Waals surface area contributed by atoms with Gasteiger partial charge in [-0.3, -0.25) is 4.79 Å². The number of aldehydes is 1. The first-order valence-electron chi connectivity index (χ1n) is 10.2. The van der Waals surface area contributed by atoms with Gasteiger partial charge in [0, 0.05) is 16.7 Å². The molecule has 0 saturated heterocycles. The minimum atomic E-state index is -0.0341. The molecule has 0 atom stereocenters. The van der Waals surface area contributed by atoms with Crippen molar-refractivity contribution in [1.29, 1.82) is 21.0 Å². The van der Waals surface area contributed by atoms with Crippen LogP contribution in [0.4, 0.5) is 0 Å². The van der Waals surface area contributed by atoms with Crippen molar-refractivity contribution < 1.29 is 9.53 Å². The lowest BCUT2D eigenvalue weighted by atomic mass is 9.93. The Balaban J connectivity index is 1.94. The van der Waals surface area contributed by atoms with Crippen LogP contribution in [0.15, 0.2) is 59.7 Å². The normalized spacial score (nSPS) is 11.6. The summed E-state index contributed by atoms with van der Waals surface area (Å²) in [7, 11) is 1.56. The Kier molecular flexibility index (Phi) is 4.58. The van der Waals surface area contributed by atoms with Gasteiger partial charge < -0.3 is 4.74 Å². The van der Waals surface area contributed by atoms with E-state index in [1.807, 2.05) is 48.5 Å². The predicted octanol–water partition coefficient (Wildman–Crippen LogP) is 5.17. The predicted molar refractivity (Wildman–Crippen MR) is 124 cm³/mol. The Morgan fingerprint density at radius 2 is 1.12 bits per heavy atom. The molecule has 5 rings (SSSR count). The quantitative estimate of drug-likeness (QED) is 0.278. The van der Waals surface area contributed by atoms with Gasteiger partial charge in [-0.15, -0.1) is 0 Å². The standard InChI is InChI=1S/C28H12N4O2/c1-34-18-3-5-20-22(7-18)24-9-25-23(8-26(24)28(20)17(12-31)13-32)21-6-15(14-33)2-4-19(21)27(25)16(10-29)11-30/h2-9,14H,1H3. The van der Waals surface area contributed by atoms with Crippen molar-refractivity contribution in [2.24, 2.45) is 0 Å². The highest BCUT2D eigenvalue weighted by Gasteiger charge is 2.33. The van der Waals surface area contributed by atoms with Gasteiger partial charge in [0.1, 0.15) is 47.5 Å². The minimum absolute atomic E-state index is 0.0181. The molecular formula is C28H12N4O2. The number of rotatable bonds is 2. The fourth-order valence-electron chi connectivity index (χ4n) is 4.73. The zero-order valence-electron chi connectivity index (χ0n) is 17.8. The van der Waals surface area contributed by atoms with E-state index < -0.39 is 0 Å². The lowest BCUT2D eigenvalue weighted by molar-refractivity contribution is 0.112. The van der Waals surface area contributed by atoms with Gasteiger partial charge in [0.15, 0.2) is 0 Å². The van der Waals surface area contributed by atoms with E-state index in [1.54, 1.807) is 31.4 Å². The second kappa shape index (κ2) is 7.61. The van der Waals surface area contributed by atoms with Gasteiger partial charge in [-0.05, 0) is 80.9 Å². The summed E-state index contributed by atoms with van der Waals surface area (Å²) in [6.45, 7) is 0. The van der Waals surface area contributed by atoms with E-state index in [1.165, 1.54) is 0 Å². The van der Waals surface area contributed by atoms with Gasteiger partial charge in [0.2, 0.25) is 0 Å². The molecule has 2 aliphatic carbocycles. The first-order chi connectivity index (χ1) is 16.6. The fraction of sp³-hybridized carbons (Fsp3) is 0.0357. The molecule has 0 spiro atoms. The summed E-state index contributed by atoms with van der Waals surface area (Å²) in [6, 6.07) is 22.2. The van der Waals surface area contributed by atoms with E-state index in [2.05, 4.69) is 0 Å². The largest absolute Gasteiger partial charge is 0.497 e. The third kappa shape index (κ3) is 2.68. The number of hydrogen-bond acceptors (Lipinski definition) is 6. The van der Waals surface area contributed by atoms with Crippen molar-refractivity contribution in [3.8, 4) is 52.3 Å². The van der Waals surface area contributed by atoms with Crippen LogP contribution in [0.2, 0.25) is 0 Å². The average Bonchev–Trinajstić information content (AvgIpc) is 3.36. The van der Waals surface area contributed by atoms with Crippen LogP contribution in [0, 0.1) is 45.3 Å². The summed E-state index contributed by atoms with van der Waals surface area (Å²) in [4.78, 5) is 11.5. The topological polar surface area (TPSA) is 121 Å². The molecule has 0 N–H and O–H groups in total. The number of ether oxygens (including phenoxy) is 1. The highest BCUT2D eigenvalue weighted by molar-refractivity contribution is 6.11. The number of nitrogens with zero attached hydrogens (tertiary/aromatic N) is 4. The van der Waals surface area contributed by atoms with Gasteiger partial charge in [-0.25, -0.2) is 0 Å². The Hall–Kier alpha value is -5.43. The van der Waals surface area contributed by atoms with Crippen LogP contribution in [0.5, 0.6) is 5.75 Å². The summed E-state index contributed by atoms with van der Waals surface area (Å²) in [6.07, 6.45) is 0.738. The van der Waals surface area contributed by atoms with Gasteiger partial charge in [-0.1, -0.05) is 12.1 Å². The highest BCUT2D eigenvalue weighted by atomic mass is 16.5. The average molecular weight is 436 g/mol. The molecule has 0 radical (unpaired) electrons. The second-order valence-corrected chi connectivity index (χ2v) is 7.72. The lowest BCUT2D eigenvalue weighted by Crippen LogP contribution is -1.90. The Bertz CT molecular complexity index is 1660. The maximum atomic E-state index is 11.5. The Morgan fingerprint density at radius 3 is 1.59 bits per heavy atom. The number of carbonyl (C=O) groups is 1. The van der Waals surface area contributed by atoms with Crippen molar-refractivity contribution in [1.82, 2.24) is 0 Å². The van der Waals surface area contributed by atoms with Crippen molar-refractivity contribution >= 4 is 17.4 Å². The summed E-state index contributed by atoms with van der Waals surface area (Å²) < 4.78 is 5.39. The number of benzene rings is 3. The van der Waals surface area contributed by atoms with E-state index in [-0.39, 0.29) is 11.1 Å². The lowest BCUT2D eigenvalue weighted by Gasteiger charge is -2.08. The van der Waals surface area contributed by atoms with Crippen molar-refractivity contribution in [2.45, 2.75) is 0 Å². The minimum Gasteiger partial charge on any atom is -0.497 e. The molecule has 3 aromatic rings.